The largest absolute Gasteiger partial charge is 0.325 e. The van der Waals surface area contributed by atoms with Crippen LogP contribution in [0.2, 0.25) is 0 Å². The SMILES string of the molecule is CC(C)c1ccc(/C=C(/NC(=O)c2ccccc2)C(=O)Nc2cccc(SCC(=O)Nc3cccc4c3C(=O)c3ccccc3C4=O)c2)cc1. The fourth-order valence-electron chi connectivity index (χ4n) is 5.53. The van der Waals surface area contributed by atoms with E-state index in [4.69, 9.17) is 0 Å². The van der Waals surface area contributed by atoms with Gasteiger partial charge in [0.15, 0.2) is 11.6 Å². The van der Waals surface area contributed by atoms with E-state index in [-0.39, 0.29) is 45.7 Å². The molecule has 0 atom stereocenters. The molecule has 0 saturated heterocycles. The van der Waals surface area contributed by atoms with Crippen molar-refractivity contribution in [1.29, 1.82) is 0 Å². The number of fused-ring (bicyclic) bond motifs is 2. The van der Waals surface area contributed by atoms with Crippen LogP contribution in [0.3, 0.4) is 0 Å². The number of carbonyl (C=O) groups is 5. The van der Waals surface area contributed by atoms with Gasteiger partial charge in [0, 0.05) is 32.8 Å². The summed E-state index contributed by atoms with van der Waals surface area (Å²) in [5.41, 5.74) is 4.21. The third kappa shape index (κ3) is 7.64. The monoisotopic (exact) mass is 679 g/mol. The first kappa shape index (κ1) is 33.8. The lowest BCUT2D eigenvalue weighted by atomic mass is 9.83. The maximum Gasteiger partial charge on any atom is 0.272 e. The summed E-state index contributed by atoms with van der Waals surface area (Å²) in [6.07, 6.45) is 1.63. The molecule has 8 nitrogen and oxygen atoms in total. The maximum atomic E-state index is 13.6. The average molecular weight is 680 g/mol. The first-order valence-corrected chi connectivity index (χ1v) is 17.0. The summed E-state index contributed by atoms with van der Waals surface area (Å²) in [5, 5.41) is 8.42. The topological polar surface area (TPSA) is 121 Å². The van der Waals surface area contributed by atoms with E-state index in [0.29, 0.717) is 33.2 Å². The van der Waals surface area contributed by atoms with E-state index in [1.165, 1.54) is 11.8 Å². The quantitative estimate of drug-likeness (QED) is 0.101. The highest BCUT2D eigenvalue weighted by atomic mass is 32.2. The molecule has 0 aliphatic heterocycles. The normalized spacial score (nSPS) is 12.2. The van der Waals surface area contributed by atoms with Gasteiger partial charge in [0.2, 0.25) is 5.91 Å². The number of rotatable bonds is 10. The molecule has 0 bridgehead atoms. The third-order valence-corrected chi connectivity index (χ3v) is 9.13. The van der Waals surface area contributed by atoms with Crippen molar-refractivity contribution in [2.45, 2.75) is 24.7 Å². The molecule has 1 aliphatic rings. The summed E-state index contributed by atoms with van der Waals surface area (Å²) >= 11 is 1.24. The van der Waals surface area contributed by atoms with Crippen LogP contribution in [-0.2, 0) is 9.59 Å². The average Bonchev–Trinajstić information content (AvgIpc) is 3.13. The summed E-state index contributed by atoms with van der Waals surface area (Å²) in [5.74, 6) is -1.53. The van der Waals surface area contributed by atoms with Crippen LogP contribution >= 0.6 is 11.8 Å². The zero-order valence-corrected chi connectivity index (χ0v) is 28.2. The molecule has 0 spiro atoms. The number of carbonyl (C=O) groups excluding carboxylic acids is 5. The van der Waals surface area contributed by atoms with Crippen molar-refractivity contribution in [2.75, 3.05) is 16.4 Å². The second-order valence-electron chi connectivity index (χ2n) is 12.0. The van der Waals surface area contributed by atoms with Gasteiger partial charge in [0.05, 0.1) is 17.0 Å². The lowest BCUT2D eigenvalue weighted by Gasteiger charge is -2.20. The van der Waals surface area contributed by atoms with Gasteiger partial charge in [-0.25, -0.2) is 0 Å². The number of hydrogen-bond acceptors (Lipinski definition) is 6. The maximum absolute atomic E-state index is 13.6. The van der Waals surface area contributed by atoms with E-state index in [1.807, 2.05) is 30.3 Å². The first-order valence-electron chi connectivity index (χ1n) is 16.0. The zero-order valence-electron chi connectivity index (χ0n) is 27.4. The van der Waals surface area contributed by atoms with Crippen molar-refractivity contribution in [3.63, 3.8) is 0 Å². The van der Waals surface area contributed by atoms with E-state index >= 15 is 0 Å². The fourth-order valence-corrected chi connectivity index (χ4v) is 6.29. The van der Waals surface area contributed by atoms with Crippen LogP contribution in [0.25, 0.3) is 6.08 Å². The molecule has 0 radical (unpaired) electrons. The Morgan fingerprint density at radius 3 is 2.08 bits per heavy atom. The van der Waals surface area contributed by atoms with Crippen LogP contribution in [-0.4, -0.2) is 35.0 Å². The van der Waals surface area contributed by atoms with Crippen LogP contribution in [0.15, 0.2) is 132 Å². The Labute approximate surface area is 294 Å². The zero-order chi connectivity index (χ0) is 35.2. The molecule has 0 unspecified atom stereocenters. The second-order valence-corrected chi connectivity index (χ2v) is 13.0. The Morgan fingerprint density at radius 1 is 0.700 bits per heavy atom. The summed E-state index contributed by atoms with van der Waals surface area (Å²) < 4.78 is 0. The van der Waals surface area contributed by atoms with Crippen molar-refractivity contribution in [1.82, 2.24) is 5.32 Å². The van der Waals surface area contributed by atoms with E-state index in [2.05, 4.69) is 29.8 Å². The standard InChI is InChI=1S/C41H33N3O5S/c1-25(2)27-20-18-26(19-21-27)22-35(44-40(48)28-10-4-3-5-11-28)41(49)42-29-12-8-13-30(23-29)50-24-36(45)43-34-17-9-16-33-37(34)39(47)32-15-7-6-14-31(32)38(33)46/h3-23,25H,24H2,1-2H3,(H,42,49)(H,43,45)(H,44,48)/b35-22+. The number of amides is 3. The second kappa shape index (κ2) is 15.0. The Kier molecular flexibility index (Phi) is 10.2. The van der Waals surface area contributed by atoms with Gasteiger partial charge in [-0.15, -0.1) is 11.8 Å². The molecular formula is C41H33N3O5S. The molecule has 0 heterocycles. The van der Waals surface area contributed by atoms with E-state index in [1.54, 1.807) is 97.1 Å². The van der Waals surface area contributed by atoms with Crippen molar-refractivity contribution in [2.24, 2.45) is 0 Å². The van der Waals surface area contributed by atoms with Crippen molar-refractivity contribution in [3.8, 4) is 0 Å². The summed E-state index contributed by atoms with van der Waals surface area (Å²) in [6, 6.07) is 34.9. The van der Waals surface area contributed by atoms with Crippen molar-refractivity contribution in [3.05, 3.63) is 166 Å². The van der Waals surface area contributed by atoms with E-state index < -0.39 is 11.8 Å². The number of ketones is 2. The molecule has 50 heavy (non-hydrogen) atoms. The van der Waals surface area contributed by atoms with Gasteiger partial charge in [0.25, 0.3) is 11.8 Å². The molecule has 3 N–H and O–H groups in total. The van der Waals surface area contributed by atoms with Crippen LogP contribution in [0, 0.1) is 0 Å². The Balaban J connectivity index is 1.14. The van der Waals surface area contributed by atoms with Crippen LogP contribution in [0.5, 0.6) is 0 Å². The van der Waals surface area contributed by atoms with Crippen molar-refractivity contribution < 1.29 is 24.0 Å². The third-order valence-electron chi connectivity index (χ3n) is 8.13. The fraction of sp³-hybridized carbons (Fsp3) is 0.0976. The van der Waals surface area contributed by atoms with Crippen LogP contribution in [0.1, 0.15) is 73.1 Å². The highest BCUT2D eigenvalue weighted by Gasteiger charge is 2.31. The van der Waals surface area contributed by atoms with Gasteiger partial charge in [-0.05, 0) is 59.5 Å². The molecular weight excluding hydrogens is 647 g/mol. The van der Waals surface area contributed by atoms with Gasteiger partial charge in [-0.3, -0.25) is 24.0 Å². The summed E-state index contributed by atoms with van der Waals surface area (Å²) in [4.78, 5) is 66.8. The van der Waals surface area contributed by atoms with E-state index in [9.17, 15) is 24.0 Å². The number of hydrogen-bond donors (Lipinski definition) is 3. The molecule has 0 saturated carbocycles. The minimum absolute atomic E-state index is 0.00441. The number of benzene rings is 5. The van der Waals surface area contributed by atoms with Gasteiger partial charge >= 0.3 is 0 Å². The highest BCUT2D eigenvalue weighted by molar-refractivity contribution is 8.00. The van der Waals surface area contributed by atoms with Gasteiger partial charge in [-0.2, -0.15) is 0 Å². The molecule has 248 valence electrons. The lowest BCUT2D eigenvalue weighted by Crippen LogP contribution is -2.30. The molecule has 0 aromatic heterocycles. The van der Waals surface area contributed by atoms with Gasteiger partial charge in [-0.1, -0.05) is 98.8 Å². The molecule has 3 amide bonds. The molecule has 9 heteroatoms. The number of thioether (sulfide) groups is 1. The Hall–Kier alpha value is -6.06. The summed E-state index contributed by atoms with van der Waals surface area (Å²) in [7, 11) is 0. The molecule has 0 fully saturated rings. The number of nitrogens with one attached hydrogen (secondary N) is 3. The van der Waals surface area contributed by atoms with Crippen molar-refractivity contribution >= 4 is 58.5 Å². The minimum Gasteiger partial charge on any atom is -0.325 e. The molecule has 6 rings (SSSR count). The molecule has 5 aromatic rings. The number of anilines is 2. The van der Waals surface area contributed by atoms with Crippen LogP contribution in [0.4, 0.5) is 11.4 Å². The minimum atomic E-state index is -0.517. The smallest absolute Gasteiger partial charge is 0.272 e. The molecule has 5 aromatic carbocycles. The predicted octanol–water partition coefficient (Wildman–Crippen LogP) is 7.73. The summed E-state index contributed by atoms with van der Waals surface area (Å²) in [6.45, 7) is 4.20. The van der Waals surface area contributed by atoms with E-state index in [0.717, 1.165) is 11.1 Å². The van der Waals surface area contributed by atoms with Crippen LogP contribution < -0.4 is 16.0 Å². The Bertz CT molecular complexity index is 2160. The predicted molar refractivity (Wildman–Crippen MR) is 197 cm³/mol. The van der Waals surface area contributed by atoms with Gasteiger partial charge < -0.3 is 16.0 Å². The lowest BCUT2D eigenvalue weighted by molar-refractivity contribution is -0.114. The molecule has 1 aliphatic carbocycles. The first-order chi connectivity index (χ1) is 24.2. The van der Waals surface area contributed by atoms with Gasteiger partial charge in [0.1, 0.15) is 5.70 Å². The highest BCUT2D eigenvalue weighted by Crippen LogP contribution is 2.32. The Morgan fingerprint density at radius 2 is 1.36 bits per heavy atom.